The minimum absolute atomic E-state index is 0.0370. The van der Waals surface area contributed by atoms with Gasteiger partial charge in [0.1, 0.15) is 48.3 Å². The molecule has 0 radical (unpaired) electrons. The van der Waals surface area contributed by atoms with E-state index in [2.05, 4.69) is 37.2 Å². The highest BCUT2D eigenvalue weighted by Gasteiger charge is 2.42. The molecule has 420 valence electrons. The topological polar surface area (TPSA) is 394 Å². The molecule has 0 aromatic heterocycles. The predicted molar refractivity (Wildman–Crippen MR) is 274 cm³/mol. The van der Waals surface area contributed by atoms with Crippen molar-refractivity contribution in [2.24, 2.45) is 29.0 Å². The van der Waals surface area contributed by atoms with Gasteiger partial charge in [0, 0.05) is 38.8 Å². The lowest BCUT2D eigenvalue weighted by Gasteiger charge is -2.32. The summed E-state index contributed by atoms with van der Waals surface area (Å²) in [6, 6.07) is -2.19. The van der Waals surface area contributed by atoms with Crippen LogP contribution in [-0.4, -0.2) is 160 Å². The molecule has 25 nitrogen and oxygen atoms in total. The van der Waals surface area contributed by atoms with Crippen LogP contribution in [0.5, 0.6) is 0 Å². The van der Waals surface area contributed by atoms with E-state index in [9.17, 15) is 62.6 Å². The second-order valence-corrected chi connectivity index (χ2v) is 20.7. The number of hydrogen-bond donors (Lipinski definition) is 11. The van der Waals surface area contributed by atoms with Gasteiger partial charge < -0.3 is 69.3 Å². The van der Waals surface area contributed by atoms with Gasteiger partial charge in [0.2, 0.25) is 65.0 Å². The Labute approximate surface area is 442 Å². The normalized spacial score (nSPS) is 19.6. The summed E-state index contributed by atoms with van der Waals surface area (Å²) in [5.74, 6) is -9.67. The highest BCUT2D eigenvalue weighted by atomic mass is 16.4. The highest BCUT2D eigenvalue weighted by Crippen LogP contribution is 2.23. The molecule has 76 heavy (non-hydrogen) atoms. The third-order valence-corrected chi connectivity index (χ3v) is 13.5. The Kier molecular flexibility index (Phi) is 24.1. The summed E-state index contributed by atoms with van der Waals surface area (Å²) in [4.78, 5) is 162. The van der Waals surface area contributed by atoms with E-state index in [-0.39, 0.29) is 95.6 Å². The Morgan fingerprint density at radius 2 is 0.961 bits per heavy atom. The van der Waals surface area contributed by atoms with Crippen LogP contribution in [0.15, 0.2) is 30.3 Å². The summed E-state index contributed by atoms with van der Waals surface area (Å²) in [7, 11) is 0. The molecule has 3 heterocycles. The first-order chi connectivity index (χ1) is 35.9. The molecule has 3 fully saturated rings. The van der Waals surface area contributed by atoms with Crippen molar-refractivity contribution in [2.75, 3.05) is 19.6 Å². The van der Waals surface area contributed by atoms with Gasteiger partial charge in [-0.15, -0.1) is 0 Å². The zero-order valence-electron chi connectivity index (χ0n) is 43.9. The number of carboxylic acid groups (broad SMARTS) is 1. The maximum Gasteiger partial charge on any atom is 0.326 e. The highest BCUT2D eigenvalue weighted by molar-refractivity contribution is 5.99. The van der Waals surface area contributed by atoms with Crippen LogP contribution in [0.2, 0.25) is 0 Å². The Bertz CT molecular complexity index is 2260. The van der Waals surface area contributed by atoms with Crippen molar-refractivity contribution in [3.63, 3.8) is 0 Å². The van der Waals surface area contributed by atoms with Gasteiger partial charge in [-0.25, -0.2) is 4.79 Å². The fraction of sp³-hybridized carbons (Fsp3) is 0.647. The summed E-state index contributed by atoms with van der Waals surface area (Å²) in [5.41, 5.74) is 16.9. The van der Waals surface area contributed by atoms with Crippen molar-refractivity contribution < 1.29 is 62.6 Å². The SMILES string of the molecule is CC(C)C[C@H](NC(=O)[C@@H]1CCCN1C(=O)[C@H](CCC(N)=O)NC(=O)[C@H](CC(C)C)NC(=O)[C@H](Cc1ccccc1)NC(=O)[C@@H]1CCCN1C(=O)[C@H](CCC(N)=O)NC(=O)[C@H](CCC(N)=O)NC(=O)[C@@H]1CCCN1)C(=O)O. The minimum atomic E-state index is -1.42. The quantitative estimate of drug-likeness (QED) is 0.0392. The van der Waals surface area contributed by atoms with E-state index in [0.717, 1.165) is 6.42 Å². The molecule has 14 N–H and O–H groups in total. The van der Waals surface area contributed by atoms with E-state index in [1.54, 1.807) is 58.0 Å². The Hall–Kier alpha value is -7.18. The summed E-state index contributed by atoms with van der Waals surface area (Å²) in [6.07, 6.45) is 0.704. The maximum absolute atomic E-state index is 14.5. The molecule has 1 aromatic rings. The molecule has 0 saturated carbocycles. The van der Waals surface area contributed by atoms with Gasteiger partial charge in [0.25, 0.3) is 0 Å². The maximum atomic E-state index is 14.5. The van der Waals surface area contributed by atoms with Crippen LogP contribution in [0.3, 0.4) is 0 Å². The number of nitrogens with one attached hydrogen (secondary N) is 7. The number of rotatable bonds is 30. The summed E-state index contributed by atoms with van der Waals surface area (Å²) in [6.45, 7) is 7.91. The number of nitrogens with zero attached hydrogens (tertiary/aromatic N) is 2. The summed E-state index contributed by atoms with van der Waals surface area (Å²) in [5, 5.41) is 28.7. The standard InChI is InChI=1S/C51H78N12O13/c1-28(2)25-35(45(69)58-34(18-21-42(54)66)50(74)63-24-10-15-39(63)48(72)61-37(51(75)76)26-29(3)4)59-46(70)36(27-30-11-6-5-7-12-30)60-47(71)38-14-9-23-62(38)49(73)33(17-20-41(53)65)57-44(68)32(16-19-40(52)64)56-43(67)31-13-8-22-55-31/h5-7,11-12,28-29,31-39,55H,8-10,13-27H2,1-4H3,(H2,52,64)(H2,53,65)(H2,54,66)(H,56,67)(H,57,68)(H,58,69)(H,59,70)(H,60,71)(H,61,72)(H,75,76)/t31-,32-,33-,34-,35-,36-,37-,38-,39-/m0/s1. The molecule has 0 unspecified atom stereocenters. The molecule has 3 aliphatic heterocycles. The van der Waals surface area contributed by atoms with Crippen LogP contribution < -0.4 is 54.4 Å². The van der Waals surface area contributed by atoms with Crippen molar-refractivity contribution in [3.8, 4) is 0 Å². The van der Waals surface area contributed by atoms with Crippen LogP contribution >= 0.6 is 0 Å². The zero-order chi connectivity index (χ0) is 56.2. The van der Waals surface area contributed by atoms with E-state index in [0.29, 0.717) is 31.4 Å². The minimum Gasteiger partial charge on any atom is -0.480 e. The van der Waals surface area contributed by atoms with Crippen LogP contribution in [0.4, 0.5) is 0 Å². The number of benzene rings is 1. The average molecular weight is 1070 g/mol. The molecule has 1 aromatic carbocycles. The Balaban J connectivity index is 1.56. The third kappa shape index (κ3) is 19.2. The fourth-order valence-corrected chi connectivity index (χ4v) is 9.64. The molecule has 0 spiro atoms. The third-order valence-electron chi connectivity index (χ3n) is 13.5. The number of primary amides is 3. The van der Waals surface area contributed by atoms with Crippen LogP contribution in [0.1, 0.15) is 123 Å². The molecule has 0 bridgehead atoms. The van der Waals surface area contributed by atoms with E-state index >= 15 is 0 Å². The number of carbonyl (C=O) groups is 12. The molecule has 25 heteroatoms. The smallest absolute Gasteiger partial charge is 0.326 e. The first-order valence-electron chi connectivity index (χ1n) is 26.2. The molecular weight excluding hydrogens is 989 g/mol. The van der Waals surface area contributed by atoms with Gasteiger partial charge in [-0.3, -0.25) is 52.7 Å². The molecule has 0 aliphatic carbocycles. The van der Waals surface area contributed by atoms with Crippen molar-refractivity contribution in [3.05, 3.63) is 35.9 Å². The van der Waals surface area contributed by atoms with E-state index in [4.69, 9.17) is 17.2 Å². The summed E-state index contributed by atoms with van der Waals surface area (Å²) < 4.78 is 0. The number of nitrogens with two attached hydrogens (primary N) is 3. The van der Waals surface area contributed by atoms with E-state index < -0.39 is 125 Å². The summed E-state index contributed by atoms with van der Waals surface area (Å²) >= 11 is 0. The zero-order valence-corrected chi connectivity index (χ0v) is 43.9. The largest absolute Gasteiger partial charge is 0.480 e. The first-order valence-corrected chi connectivity index (χ1v) is 26.2. The molecule has 9 atom stereocenters. The van der Waals surface area contributed by atoms with Crippen molar-refractivity contribution in [1.29, 1.82) is 0 Å². The van der Waals surface area contributed by atoms with Gasteiger partial charge >= 0.3 is 5.97 Å². The van der Waals surface area contributed by atoms with Gasteiger partial charge in [-0.1, -0.05) is 58.0 Å². The number of carboxylic acids is 1. The van der Waals surface area contributed by atoms with Crippen molar-refractivity contribution >= 4 is 70.9 Å². The van der Waals surface area contributed by atoms with Crippen molar-refractivity contribution in [1.82, 2.24) is 47.0 Å². The molecule has 3 aliphatic rings. The van der Waals surface area contributed by atoms with Crippen LogP contribution in [0, 0.1) is 11.8 Å². The monoisotopic (exact) mass is 1070 g/mol. The lowest BCUT2D eigenvalue weighted by Crippen LogP contribution is -2.60. The molecule has 11 amide bonds. The van der Waals surface area contributed by atoms with E-state index in [1.807, 2.05) is 0 Å². The Morgan fingerprint density at radius 1 is 0.539 bits per heavy atom. The average Bonchev–Trinajstić information content (AvgIpc) is 4.18. The van der Waals surface area contributed by atoms with Gasteiger partial charge in [-0.05, 0) is 94.6 Å². The second kappa shape index (κ2) is 29.8. The lowest BCUT2D eigenvalue weighted by molar-refractivity contribution is -0.145. The molecule has 3 saturated heterocycles. The van der Waals surface area contributed by atoms with Gasteiger partial charge in [0.05, 0.1) is 6.04 Å². The number of amides is 11. The molecule has 4 rings (SSSR count). The number of carbonyl (C=O) groups excluding carboxylic acids is 11. The second-order valence-electron chi connectivity index (χ2n) is 20.7. The Morgan fingerprint density at radius 3 is 1.41 bits per heavy atom. The first kappa shape index (κ1) is 61.4. The number of likely N-dealkylation sites (tertiary alicyclic amines) is 2. The van der Waals surface area contributed by atoms with Crippen molar-refractivity contribution in [2.45, 2.75) is 178 Å². The van der Waals surface area contributed by atoms with Gasteiger partial charge in [0.15, 0.2) is 0 Å². The van der Waals surface area contributed by atoms with Gasteiger partial charge in [-0.2, -0.15) is 0 Å². The lowest BCUT2D eigenvalue weighted by atomic mass is 10.00. The number of hydrogen-bond acceptors (Lipinski definition) is 13. The predicted octanol–water partition coefficient (Wildman–Crippen LogP) is -2.15. The number of aliphatic carboxylic acids is 1. The van der Waals surface area contributed by atoms with E-state index in [1.165, 1.54) is 9.80 Å². The fourth-order valence-electron chi connectivity index (χ4n) is 9.64. The van der Waals surface area contributed by atoms with Crippen LogP contribution in [-0.2, 0) is 64.0 Å². The molecular formula is C51H78N12O13. The van der Waals surface area contributed by atoms with Crippen LogP contribution in [0.25, 0.3) is 0 Å².